The Morgan fingerprint density at radius 2 is 2.11 bits per heavy atom. The first-order chi connectivity index (χ1) is 9.33. The molecule has 1 aromatic carbocycles. The highest BCUT2D eigenvalue weighted by atomic mass is 16.5. The van der Waals surface area contributed by atoms with Crippen LogP contribution in [0.5, 0.6) is 5.75 Å². The lowest BCUT2D eigenvalue weighted by molar-refractivity contribution is -0.0110. The van der Waals surface area contributed by atoms with E-state index in [0.29, 0.717) is 12.6 Å². The Hall–Kier alpha value is -1.06. The van der Waals surface area contributed by atoms with Crippen molar-refractivity contribution in [1.29, 1.82) is 0 Å². The van der Waals surface area contributed by atoms with Gasteiger partial charge in [0.25, 0.3) is 0 Å². The molecule has 1 aliphatic heterocycles. The zero-order valence-electron chi connectivity index (χ0n) is 12.0. The third kappa shape index (κ3) is 4.22. The van der Waals surface area contributed by atoms with E-state index in [4.69, 9.17) is 9.47 Å². The van der Waals surface area contributed by atoms with Crippen LogP contribution in [0.25, 0.3) is 0 Å². The summed E-state index contributed by atoms with van der Waals surface area (Å²) in [5, 5.41) is 3.31. The maximum Gasteiger partial charge on any atom is 0.119 e. The van der Waals surface area contributed by atoms with Gasteiger partial charge in [0, 0.05) is 12.6 Å². The monoisotopic (exact) mass is 263 g/mol. The van der Waals surface area contributed by atoms with Crippen molar-refractivity contribution in [3.63, 3.8) is 0 Å². The molecule has 1 heterocycles. The topological polar surface area (TPSA) is 30.5 Å². The quantitative estimate of drug-likeness (QED) is 0.854. The van der Waals surface area contributed by atoms with Crippen LogP contribution in [-0.4, -0.2) is 26.4 Å². The molecule has 0 amide bonds. The van der Waals surface area contributed by atoms with Crippen LogP contribution in [0, 0.1) is 0 Å². The summed E-state index contributed by atoms with van der Waals surface area (Å²) >= 11 is 0. The lowest BCUT2D eigenvalue weighted by Gasteiger charge is -2.22. The lowest BCUT2D eigenvalue weighted by atomic mass is 10.0. The van der Waals surface area contributed by atoms with E-state index in [-0.39, 0.29) is 6.10 Å². The van der Waals surface area contributed by atoms with Gasteiger partial charge in [0.05, 0.1) is 6.10 Å². The first-order valence-corrected chi connectivity index (χ1v) is 7.35. The normalized spacial score (nSPS) is 21.1. The minimum absolute atomic E-state index is 0.272. The van der Waals surface area contributed by atoms with Crippen LogP contribution in [0.2, 0.25) is 0 Å². The number of rotatable bonds is 6. The SMILES string of the molecule is CCC(NC)c1ccc(OCC2CCCCO2)cc1. The van der Waals surface area contributed by atoms with Crippen molar-refractivity contribution in [2.75, 3.05) is 20.3 Å². The lowest BCUT2D eigenvalue weighted by Crippen LogP contribution is -2.25. The summed E-state index contributed by atoms with van der Waals surface area (Å²) in [6, 6.07) is 8.82. The van der Waals surface area contributed by atoms with Gasteiger partial charge in [-0.3, -0.25) is 0 Å². The van der Waals surface area contributed by atoms with Gasteiger partial charge in [0.1, 0.15) is 12.4 Å². The largest absolute Gasteiger partial charge is 0.491 e. The highest BCUT2D eigenvalue weighted by Gasteiger charge is 2.14. The molecule has 1 aromatic rings. The third-order valence-corrected chi connectivity index (χ3v) is 3.75. The van der Waals surface area contributed by atoms with Gasteiger partial charge in [-0.15, -0.1) is 0 Å². The van der Waals surface area contributed by atoms with Crippen molar-refractivity contribution >= 4 is 0 Å². The Morgan fingerprint density at radius 1 is 1.32 bits per heavy atom. The van der Waals surface area contributed by atoms with Crippen LogP contribution in [0.15, 0.2) is 24.3 Å². The molecule has 0 saturated carbocycles. The predicted octanol–water partition coefficient (Wildman–Crippen LogP) is 3.31. The van der Waals surface area contributed by atoms with Crippen LogP contribution in [0.1, 0.15) is 44.2 Å². The van der Waals surface area contributed by atoms with E-state index < -0.39 is 0 Å². The van der Waals surface area contributed by atoms with Crippen molar-refractivity contribution in [2.45, 2.75) is 44.8 Å². The number of nitrogens with one attached hydrogen (secondary N) is 1. The molecule has 3 heteroatoms. The predicted molar refractivity (Wildman–Crippen MR) is 77.6 cm³/mol. The van der Waals surface area contributed by atoms with Crippen LogP contribution >= 0.6 is 0 Å². The molecule has 2 unspecified atom stereocenters. The summed E-state index contributed by atoms with van der Waals surface area (Å²) < 4.78 is 11.5. The molecule has 19 heavy (non-hydrogen) atoms. The van der Waals surface area contributed by atoms with E-state index in [9.17, 15) is 0 Å². The molecule has 2 atom stereocenters. The summed E-state index contributed by atoms with van der Waals surface area (Å²) in [5.74, 6) is 0.934. The Kier molecular flexibility index (Phi) is 5.67. The van der Waals surface area contributed by atoms with Gasteiger partial charge in [-0.25, -0.2) is 0 Å². The van der Waals surface area contributed by atoms with E-state index in [1.54, 1.807) is 0 Å². The number of benzene rings is 1. The summed E-state index contributed by atoms with van der Waals surface area (Å²) in [6.45, 7) is 3.74. The van der Waals surface area contributed by atoms with Gasteiger partial charge in [0.2, 0.25) is 0 Å². The van der Waals surface area contributed by atoms with Crippen molar-refractivity contribution in [1.82, 2.24) is 5.32 Å². The molecule has 1 fully saturated rings. The Labute approximate surface area is 116 Å². The average Bonchev–Trinajstić information content (AvgIpc) is 2.49. The highest BCUT2D eigenvalue weighted by molar-refractivity contribution is 5.29. The minimum Gasteiger partial charge on any atom is -0.491 e. The van der Waals surface area contributed by atoms with Crippen molar-refractivity contribution in [3.05, 3.63) is 29.8 Å². The van der Waals surface area contributed by atoms with Gasteiger partial charge in [0.15, 0.2) is 0 Å². The summed E-state index contributed by atoms with van der Waals surface area (Å²) in [5.41, 5.74) is 1.31. The van der Waals surface area contributed by atoms with Crippen molar-refractivity contribution in [2.24, 2.45) is 0 Å². The van der Waals surface area contributed by atoms with Gasteiger partial charge in [-0.05, 0) is 50.4 Å². The Bertz CT molecular complexity index is 354. The van der Waals surface area contributed by atoms with E-state index in [1.165, 1.54) is 18.4 Å². The maximum atomic E-state index is 5.80. The van der Waals surface area contributed by atoms with Crippen molar-refractivity contribution < 1.29 is 9.47 Å². The fraction of sp³-hybridized carbons (Fsp3) is 0.625. The molecule has 1 N–H and O–H groups in total. The molecule has 0 aromatic heterocycles. The van der Waals surface area contributed by atoms with Crippen LogP contribution in [0.3, 0.4) is 0 Å². The first-order valence-electron chi connectivity index (χ1n) is 7.35. The fourth-order valence-corrected chi connectivity index (χ4v) is 2.53. The third-order valence-electron chi connectivity index (χ3n) is 3.75. The summed E-state index contributed by atoms with van der Waals surface area (Å²) in [4.78, 5) is 0. The molecular weight excluding hydrogens is 238 g/mol. The van der Waals surface area contributed by atoms with E-state index >= 15 is 0 Å². The smallest absolute Gasteiger partial charge is 0.119 e. The maximum absolute atomic E-state index is 5.80. The molecule has 106 valence electrons. The molecule has 3 nitrogen and oxygen atoms in total. The average molecular weight is 263 g/mol. The standard InChI is InChI=1S/C16H25NO2/c1-3-16(17-2)13-7-9-14(10-8-13)19-12-15-6-4-5-11-18-15/h7-10,15-17H,3-6,11-12H2,1-2H3. The summed E-state index contributed by atoms with van der Waals surface area (Å²) in [6.07, 6.45) is 4.93. The van der Waals surface area contributed by atoms with Crippen molar-refractivity contribution in [3.8, 4) is 5.75 Å². The van der Waals surface area contributed by atoms with Gasteiger partial charge in [-0.2, -0.15) is 0 Å². The van der Waals surface area contributed by atoms with Crippen LogP contribution in [0.4, 0.5) is 0 Å². The second kappa shape index (κ2) is 7.51. The highest BCUT2D eigenvalue weighted by Crippen LogP contribution is 2.21. The number of ether oxygens (including phenoxy) is 2. The van der Waals surface area contributed by atoms with Crippen LogP contribution < -0.4 is 10.1 Å². The van der Waals surface area contributed by atoms with E-state index in [1.807, 2.05) is 7.05 Å². The Morgan fingerprint density at radius 3 is 2.68 bits per heavy atom. The van der Waals surface area contributed by atoms with Gasteiger partial charge < -0.3 is 14.8 Å². The molecule has 2 rings (SSSR count). The van der Waals surface area contributed by atoms with Crippen LogP contribution in [-0.2, 0) is 4.74 Å². The minimum atomic E-state index is 0.272. The molecule has 0 aliphatic carbocycles. The van der Waals surface area contributed by atoms with Gasteiger partial charge in [-0.1, -0.05) is 19.1 Å². The molecule has 0 bridgehead atoms. The summed E-state index contributed by atoms with van der Waals surface area (Å²) in [7, 11) is 2.00. The molecule has 0 radical (unpaired) electrons. The van der Waals surface area contributed by atoms with E-state index in [0.717, 1.165) is 25.2 Å². The Balaban J connectivity index is 1.84. The molecule has 1 saturated heterocycles. The number of hydrogen-bond acceptors (Lipinski definition) is 3. The fourth-order valence-electron chi connectivity index (χ4n) is 2.53. The zero-order chi connectivity index (χ0) is 13.5. The zero-order valence-corrected chi connectivity index (χ0v) is 12.0. The number of hydrogen-bond donors (Lipinski definition) is 1. The second-order valence-electron chi connectivity index (χ2n) is 5.12. The van der Waals surface area contributed by atoms with E-state index in [2.05, 4.69) is 36.5 Å². The first kappa shape index (κ1) is 14.4. The molecule has 0 spiro atoms. The molecular formula is C16H25NO2. The second-order valence-corrected chi connectivity index (χ2v) is 5.12. The molecule has 1 aliphatic rings. The van der Waals surface area contributed by atoms with Gasteiger partial charge >= 0.3 is 0 Å².